The minimum atomic E-state index is -3.84. The number of benzene rings is 1. The highest BCUT2D eigenvalue weighted by atomic mass is 32.2. The van der Waals surface area contributed by atoms with Gasteiger partial charge in [0.1, 0.15) is 0 Å². The van der Waals surface area contributed by atoms with Crippen molar-refractivity contribution < 1.29 is 28.1 Å². The van der Waals surface area contributed by atoms with Crippen molar-refractivity contribution in [2.24, 2.45) is 0 Å². The number of aliphatic hydroxyl groups excluding tert-OH is 2. The zero-order valence-electron chi connectivity index (χ0n) is 12.4. The molecule has 0 saturated heterocycles. The SMILES string of the molecule is COc1cc(C)c(S(=O)(=O)N(CCO)CCO)cc1OC. The number of hydrogen-bond acceptors (Lipinski definition) is 6. The Balaban J connectivity index is 3.35. The third-order valence-corrected chi connectivity index (χ3v) is 5.04. The lowest BCUT2D eigenvalue weighted by Gasteiger charge is -2.22. The van der Waals surface area contributed by atoms with E-state index in [0.29, 0.717) is 17.1 Å². The molecule has 7 nitrogen and oxygen atoms in total. The first kappa shape index (κ1) is 17.7. The number of hydrogen-bond donors (Lipinski definition) is 2. The molecule has 2 N–H and O–H groups in total. The second kappa shape index (κ2) is 7.60. The molecule has 21 heavy (non-hydrogen) atoms. The van der Waals surface area contributed by atoms with Crippen molar-refractivity contribution in [3.63, 3.8) is 0 Å². The monoisotopic (exact) mass is 319 g/mol. The van der Waals surface area contributed by atoms with Gasteiger partial charge in [0.2, 0.25) is 10.0 Å². The predicted molar refractivity (Wildman–Crippen MR) is 77.2 cm³/mol. The Morgan fingerprint density at radius 1 is 1.05 bits per heavy atom. The molecule has 0 aliphatic rings. The van der Waals surface area contributed by atoms with Crippen LogP contribution in [-0.2, 0) is 10.0 Å². The van der Waals surface area contributed by atoms with Gasteiger partial charge < -0.3 is 19.7 Å². The third kappa shape index (κ3) is 3.85. The Morgan fingerprint density at radius 3 is 1.95 bits per heavy atom. The van der Waals surface area contributed by atoms with Gasteiger partial charge in [0, 0.05) is 19.2 Å². The van der Waals surface area contributed by atoms with E-state index in [9.17, 15) is 8.42 Å². The van der Waals surface area contributed by atoms with E-state index in [1.165, 1.54) is 20.3 Å². The Morgan fingerprint density at radius 2 is 1.52 bits per heavy atom. The van der Waals surface area contributed by atoms with Gasteiger partial charge in [-0.1, -0.05) is 0 Å². The minimum Gasteiger partial charge on any atom is -0.493 e. The summed E-state index contributed by atoms with van der Waals surface area (Å²) in [7, 11) is -0.949. The average Bonchev–Trinajstić information content (AvgIpc) is 2.46. The third-order valence-electron chi connectivity index (χ3n) is 3.00. The van der Waals surface area contributed by atoms with E-state index in [0.717, 1.165) is 4.31 Å². The van der Waals surface area contributed by atoms with Gasteiger partial charge in [-0.05, 0) is 18.6 Å². The molecule has 0 amide bonds. The molecule has 0 unspecified atom stereocenters. The average molecular weight is 319 g/mol. The number of methoxy groups -OCH3 is 2. The highest BCUT2D eigenvalue weighted by Crippen LogP contribution is 2.33. The van der Waals surface area contributed by atoms with Gasteiger partial charge in [-0.25, -0.2) is 8.42 Å². The smallest absolute Gasteiger partial charge is 0.243 e. The lowest BCUT2D eigenvalue weighted by atomic mass is 10.2. The predicted octanol–water partition coefficient (Wildman–Crippen LogP) is -0.0125. The fraction of sp³-hybridized carbons (Fsp3) is 0.538. The maximum Gasteiger partial charge on any atom is 0.243 e. The van der Waals surface area contributed by atoms with Gasteiger partial charge in [0.15, 0.2) is 11.5 Å². The van der Waals surface area contributed by atoms with E-state index in [1.807, 2.05) is 0 Å². The van der Waals surface area contributed by atoms with Gasteiger partial charge in [0.05, 0.1) is 32.3 Å². The topological polar surface area (TPSA) is 96.3 Å². The van der Waals surface area contributed by atoms with Crippen LogP contribution in [0.5, 0.6) is 11.5 Å². The van der Waals surface area contributed by atoms with Gasteiger partial charge in [0.25, 0.3) is 0 Å². The van der Waals surface area contributed by atoms with Crippen molar-refractivity contribution in [2.75, 3.05) is 40.5 Å². The van der Waals surface area contributed by atoms with Gasteiger partial charge >= 0.3 is 0 Å². The molecule has 0 aliphatic heterocycles. The van der Waals surface area contributed by atoms with Gasteiger partial charge in [-0.3, -0.25) is 0 Å². The van der Waals surface area contributed by atoms with Crippen LogP contribution in [0.25, 0.3) is 0 Å². The Bertz CT molecular complexity index is 566. The molecule has 0 spiro atoms. The first-order valence-electron chi connectivity index (χ1n) is 6.36. The molecule has 0 aromatic heterocycles. The van der Waals surface area contributed by atoms with Crippen LogP contribution in [0.2, 0.25) is 0 Å². The summed E-state index contributed by atoms with van der Waals surface area (Å²) >= 11 is 0. The van der Waals surface area contributed by atoms with Crippen LogP contribution < -0.4 is 9.47 Å². The number of nitrogens with zero attached hydrogens (tertiary/aromatic N) is 1. The molecule has 0 saturated carbocycles. The van der Waals surface area contributed by atoms with Crippen LogP contribution in [0.3, 0.4) is 0 Å². The zero-order chi connectivity index (χ0) is 16.0. The quantitative estimate of drug-likeness (QED) is 0.699. The standard InChI is InChI=1S/C13H21NO6S/c1-10-8-11(19-2)12(20-3)9-13(10)21(17,18)14(4-6-15)5-7-16/h8-9,15-16H,4-7H2,1-3H3. The Hall–Kier alpha value is -1.35. The van der Waals surface area contributed by atoms with Crippen molar-refractivity contribution in [3.8, 4) is 11.5 Å². The highest BCUT2D eigenvalue weighted by Gasteiger charge is 2.27. The number of aryl methyl sites for hydroxylation is 1. The molecule has 1 rings (SSSR count). The van der Waals surface area contributed by atoms with Crippen molar-refractivity contribution >= 4 is 10.0 Å². The Kier molecular flexibility index (Phi) is 6.41. The maximum atomic E-state index is 12.6. The fourth-order valence-corrected chi connectivity index (χ4v) is 3.60. The zero-order valence-corrected chi connectivity index (χ0v) is 13.2. The summed E-state index contributed by atoms with van der Waals surface area (Å²) in [6, 6.07) is 2.95. The van der Waals surface area contributed by atoms with Gasteiger partial charge in [-0.2, -0.15) is 4.31 Å². The van der Waals surface area contributed by atoms with Crippen LogP contribution in [0.4, 0.5) is 0 Å². The first-order valence-corrected chi connectivity index (χ1v) is 7.80. The number of sulfonamides is 1. The fourth-order valence-electron chi connectivity index (χ4n) is 1.95. The molecule has 0 radical (unpaired) electrons. The van der Waals surface area contributed by atoms with Crippen LogP contribution in [0.1, 0.15) is 5.56 Å². The lowest BCUT2D eigenvalue weighted by Crippen LogP contribution is -2.36. The van der Waals surface area contributed by atoms with E-state index >= 15 is 0 Å². The van der Waals surface area contributed by atoms with E-state index in [2.05, 4.69) is 0 Å². The molecule has 8 heteroatoms. The molecule has 1 aromatic carbocycles. The lowest BCUT2D eigenvalue weighted by molar-refractivity contribution is 0.217. The molecular weight excluding hydrogens is 298 g/mol. The molecule has 0 aliphatic carbocycles. The van der Waals surface area contributed by atoms with Crippen molar-refractivity contribution in [1.29, 1.82) is 0 Å². The number of rotatable bonds is 8. The van der Waals surface area contributed by atoms with Crippen molar-refractivity contribution in [3.05, 3.63) is 17.7 Å². The summed E-state index contributed by atoms with van der Waals surface area (Å²) < 4.78 is 36.5. The summed E-state index contributed by atoms with van der Waals surface area (Å²) in [6.07, 6.45) is 0. The molecule has 0 atom stereocenters. The summed E-state index contributed by atoms with van der Waals surface area (Å²) in [5.41, 5.74) is 0.494. The second-order valence-electron chi connectivity index (χ2n) is 4.32. The first-order chi connectivity index (χ1) is 9.92. The molecular formula is C13H21NO6S. The normalized spacial score (nSPS) is 11.7. The summed E-state index contributed by atoms with van der Waals surface area (Å²) in [5.74, 6) is 0.736. The molecule has 0 bridgehead atoms. The van der Waals surface area contributed by atoms with E-state index in [1.54, 1.807) is 13.0 Å². The second-order valence-corrected chi connectivity index (χ2v) is 6.23. The largest absolute Gasteiger partial charge is 0.493 e. The van der Waals surface area contributed by atoms with Crippen molar-refractivity contribution in [2.45, 2.75) is 11.8 Å². The summed E-state index contributed by atoms with van der Waals surface area (Å²) in [6.45, 7) is 0.815. The molecule has 0 heterocycles. The minimum absolute atomic E-state index is 0.0575. The number of ether oxygens (including phenoxy) is 2. The van der Waals surface area contributed by atoms with E-state index in [4.69, 9.17) is 19.7 Å². The molecule has 0 fully saturated rings. The van der Waals surface area contributed by atoms with Gasteiger partial charge in [-0.15, -0.1) is 0 Å². The van der Waals surface area contributed by atoms with Crippen LogP contribution in [-0.4, -0.2) is 63.5 Å². The molecule has 1 aromatic rings. The number of aliphatic hydroxyl groups is 2. The highest BCUT2D eigenvalue weighted by molar-refractivity contribution is 7.89. The molecule has 120 valence electrons. The van der Waals surface area contributed by atoms with Crippen molar-refractivity contribution in [1.82, 2.24) is 4.31 Å². The van der Waals surface area contributed by atoms with E-state index < -0.39 is 10.0 Å². The Labute approximate surface area is 124 Å². The maximum absolute atomic E-state index is 12.6. The summed E-state index contributed by atoms with van der Waals surface area (Å²) in [5, 5.41) is 18.0. The summed E-state index contributed by atoms with van der Waals surface area (Å²) in [4.78, 5) is 0.0575. The van der Waals surface area contributed by atoms with E-state index in [-0.39, 0.29) is 31.2 Å². The van der Waals surface area contributed by atoms with Crippen LogP contribution in [0.15, 0.2) is 17.0 Å². The van der Waals surface area contributed by atoms with Crippen LogP contribution in [0, 0.1) is 6.92 Å². The van der Waals surface area contributed by atoms with Crippen LogP contribution >= 0.6 is 0 Å².